The van der Waals surface area contributed by atoms with Crippen LogP contribution in [0.25, 0.3) is 0 Å². The van der Waals surface area contributed by atoms with E-state index in [1.54, 1.807) is 41.5 Å². The van der Waals surface area contributed by atoms with Crippen LogP contribution in [0.4, 0.5) is 0 Å². The van der Waals surface area contributed by atoms with E-state index in [4.69, 9.17) is 28.4 Å². The van der Waals surface area contributed by atoms with Gasteiger partial charge in [0.25, 0.3) is 0 Å². The fourth-order valence-electron chi connectivity index (χ4n) is 9.71. The number of hydrogen-bond donors (Lipinski definition) is 5. The fourth-order valence-corrected chi connectivity index (χ4v) is 9.71. The minimum Gasteiger partial charge on any atom is -0.459 e. The summed E-state index contributed by atoms with van der Waals surface area (Å²) >= 11 is 0. The Kier molecular flexibility index (Phi) is 14.9. The summed E-state index contributed by atoms with van der Waals surface area (Å²) in [6.07, 6.45) is -6.65. The number of rotatable bonds is 7. The molecule has 3 aliphatic heterocycles. The lowest BCUT2D eigenvalue weighted by Crippen LogP contribution is -2.61. The summed E-state index contributed by atoms with van der Waals surface area (Å²) < 4.78 is 37.7. The quantitative estimate of drug-likeness (QED) is 0.237. The van der Waals surface area contributed by atoms with Crippen molar-refractivity contribution in [3.8, 4) is 0 Å². The van der Waals surface area contributed by atoms with Gasteiger partial charge in [0.1, 0.15) is 29.7 Å². The first-order valence-corrected chi connectivity index (χ1v) is 20.0. The van der Waals surface area contributed by atoms with E-state index in [2.05, 4.69) is 0 Å². The first kappa shape index (κ1) is 45.4. The van der Waals surface area contributed by atoms with Gasteiger partial charge < -0.3 is 58.9 Å². The zero-order valence-electron chi connectivity index (χ0n) is 34.6. The number of methoxy groups -OCH3 is 1. The molecular weight excluding hydrogens is 702 g/mol. The van der Waals surface area contributed by atoms with Gasteiger partial charge in [-0.3, -0.25) is 9.59 Å². The Morgan fingerprint density at radius 2 is 1.44 bits per heavy atom. The molecule has 0 spiro atoms. The summed E-state index contributed by atoms with van der Waals surface area (Å²) in [7, 11) is 5.21. The number of carbonyl (C=O) groups is 2. The highest BCUT2D eigenvalue weighted by Gasteiger charge is 2.55. The number of aliphatic hydroxyl groups excluding tert-OH is 3. The number of hydrogen-bond acceptors (Lipinski definition) is 14. The maximum Gasteiger partial charge on any atom is 0.311 e. The lowest BCUT2D eigenvalue weighted by Gasteiger charge is -2.49. The number of Topliss-reactive ketones (excluding diaryl/α,β-unsaturated/α-hetero) is 1. The number of esters is 1. The van der Waals surface area contributed by atoms with E-state index in [9.17, 15) is 35.1 Å². The minimum absolute atomic E-state index is 0.101. The lowest BCUT2D eigenvalue weighted by atomic mass is 9.73. The molecule has 0 radical (unpaired) electrons. The van der Waals surface area contributed by atoms with Crippen LogP contribution in [0.5, 0.6) is 0 Å². The normalized spacial score (nSPS) is 49.5. The average molecular weight is 774 g/mol. The van der Waals surface area contributed by atoms with Crippen LogP contribution in [-0.4, -0.2) is 148 Å². The van der Waals surface area contributed by atoms with Gasteiger partial charge in [0.05, 0.1) is 47.6 Å². The van der Waals surface area contributed by atoms with E-state index in [0.29, 0.717) is 19.3 Å². The molecule has 1 saturated carbocycles. The molecule has 0 aromatic rings. The van der Waals surface area contributed by atoms with E-state index in [0.717, 1.165) is 12.8 Å². The Hall–Kier alpha value is -1.30. The lowest BCUT2D eigenvalue weighted by molar-refractivity contribution is -0.318. The third kappa shape index (κ3) is 9.52. The van der Waals surface area contributed by atoms with Gasteiger partial charge in [-0.15, -0.1) is 0 Å². The first-order valence-electron chi connectivity index (χ1n) is 20.0. The monoisotopic (exact) mass is 773 g/mol. The molecule has 54 heavy (non-hydrogen) atoms. The third-order valence-corrected chi connectivity index (χ3v) is 13.2. The summed E-state index contributed by atoms with van der Waals surface area (Å²) in [4.78, 5) is 30.4. The fraction of sp³-hybridized carbons (Fsp3) is 0.950. The highest BCUT2D eigenvalue weighted by atomic mass is 16.7. The van der Waals surface area contributed by atoms with E-state index in [1.807, 2.05) is 25.9 Å². The topological polar surface area (TPSA) is 194 Å². The molecule has 0 aromatic heterocycles. The molecule has 1 unspecified atom stereocenters. The van der Waals surface area contributed by atoms with E-state index in [-0.39, 0.29) is 36.7 Å². The van der Waals surface area contributed by atoms with Gasteiger partial charge in [-0.25, -0.2) is 0 Å². The van der Waals surface area contributed by atoms with Crippen molar-refractivity contribution in [3.63, 3.8) is 0 Å². The number of carbonyl (C=O) groups excluding carboxylic acids is 2. The van der Waals surface area contributed by atoms with Crippen LogP contribution in [0.3, 0.4) is 0 Å². The predicted octanol–water partition coefficient (Wildman–Crippen LogP) is 2.57. The molecule has 0 aromatic carbocycles. The number of nitrogens with zero attached hydrogens (tertiary/aromatic N) is 1. The Morgan fingerprint density at radius 3 is 2.02 bits per heavy atom. The molecule has 0 bridgehead atoms. The van der Waals surface area contributed by atoms with E-state index < -0.39 is 102 Å². The Balaban J connectivity index is 1.85. The molecule has 5 N–H and O–H groups in total. The van der Waals surface area contributed by atoms with Gasteiger partial charge in [-0.1, -0.05) is 33.6 Å². The molecule has 1 aliphatic carbocycles. The second-order valence-electron chi connectivity index (χ2n) is 18.0. The van der Waals surface area contributed by atoms with Crippen molar-refractivity contribution in [1.82, 2.24) is 4.90 Å². The molecule has 0 amide bonds. The van der Waals surface area contributed by atoms with Gasteiger partial charge in [0.2, 0.25) is 0 Å². The summed E-state index contributed by atoms with van der Waals surface area (Å²) in [6, 6.07) is -0.322. The number of aliphatic hydroxyl groups is 5. The maximum absolute atomic E-state index is 14.5. The summed E-state index contributed by atoms with van der Waals surface area (Å²) in [5, 5.41) is 58.7. The molecule has 3 heterocycles. The van der Waals surface area contributed by atoms with Crippen molar-refractivity contribution in [2.45, 2.75) is 192 Å². The van der Waals surface area contributed by atoms with Gasteiger partial charge in [0, 0.05) is 37.3 Å². The summed E-state index contributed by atoms with van der Waals surface area (Å²) in [5.74, 6) is -5.13. The Bertz CT molecular complexity index is 1260. The Morgan fingerprint density at radius 1 is 0.833 bits per heavy atom. The molecule has 3 saturated heterocycles. The molecule has 314 valence electrons. The second-order valence-corrected chi connectivity index (χ2v) is 18.0. The molecule has 4 aliphatic rings. The van der Waals surface area contributed by atoms with E-state index >= 15 is 0 Å². The van der Waals surface area contributed by atoms with Crippen LogP contribution < -0.4 is 0 Å². The van der Waals surface area contributed by atoms with Crippen LogP contribution in [0.1, 0.15) is 107 Å². The van der Waals surface area contributed by atoms with Crippen molar-refractivity contribution in [3.05, 3.63) is 0 Å². The standard InChI is InChI=1S/C40H71NO13/c1-20-18-38(7,47)34(54-37-30(43)27(41(10)11)17-21(2)50-37)23(4)31(52-28-19-39(8,49-12)33(45)25(6)51-28)24(5)36(46)53-35(26-15-13-14-16-26)40(9,48)32(44)22(3)29(20)42/h20-28,30-35,37,43-45,47-48H,13-19H2,1-12H3/t20-,21-,22+,23+,24-,25+,27+,28+,30-,31+,32-,33+,34-,35?,37+,38-,39-,40+/m1/s1. The van der Waals surface area contributed by atoms with Gasteiger partial charge in [0.15, 0.2) is 12.6 Å². The molecule has 14 nitrogen and oxygen atoms in total. The van der Waals surface area contributed by atoms with Gasteiger partial charge in [-0.2, -0.15) is 0 Å². The van der Waals surface area contributed by atoms with Crippen LogP contribution in [-0.2, 0) is 38.0 Å². The SMILES string of the molecule is CO[C@]1(C)C[C@H](O[C@H]2[C@H](C)[C@@H](O[C@@H]3O[C@H](C)C[C@H](N(C)C)[C@H]3O)[C@](C)(O)C[C@@H](C)C(=O)[C@H](C)[C@@H](O)[C@](C)(O)C(C3CCCC3)OC(=O)[C@@H]2C)O[C@@H](C)[C@@H]1O. The van der Waals surface area contributed by atoms with Gasteiger partial charge >= 0.3 is 5.97 Å². The largest absolute Gasteiger partial charge is 0.459 e. The summed E-state index contributed by atoms with van der Waals surface area (Å²) in [5.41, 5.74) is -4.82. The van der Waals surface area contributed by atoms with Gasteiger partial charge in [-0.05, 0) is 87.2 Å². The van der Waals surface area contributed by atoms with E-state index in [1.165, 1.54) is 21.0 Å². The van der Waals surface area contributed by atoms with Crippen molar-refractivity contribution >= 4 is 11.8 Å². The zero-order chi connectivity index (χ0) is 40.7. The number of ether oxygens (including phenoxy) is 6. The van der Waals surface area contributed by atoms with Crippen molar-refractivity contribution in [1.29, 1.82) is 0 Å². The molecule has 18 atom stereocenters. The third-order valence-electron chi connectivity index (χ3n) is 13.2. The van der Waals surface area contributed by atoms with Crippen LogP contribution in [0, 0.1) is 29.6 Å². The highest BCUT2D eigenvalue weighted by Crippen LogP contribution is 2.42. The van der Waals surface area contributed by atoms with Crippen molar-refractivity contribution in [2.24, 2.45) is 29.6 Å². The number of likely N-dealkylation sites (N-methyl/N-ethyl adjacent to an activating group) is 1. The molecule has 4 rings (SSSR count). The minimum atomic E-state index is -1.98. The molecule has 4 fully saturated rings. The van der Waals surface area contributed by atoms with Crippen LogP contribution >= 0.6 is 0 Å². The van der Waals surface area contributed by atoms with Crippen LogP contribution in [0.2, 0.25) is 0 Å². The van der Waals surface area contributed by atoms with Crippen molar-refractivity contribution < 1.29 is 63.5 Å². The van der Waals surface area contributed by atoms with Crippen molar-refractivity contribution in [2.75, 3.05) is 21.2 Å². The van der Waals surface area contributed by atoms with Crippen LogP contribution in [0.15, 0.2) is 0 Å². The number of cyclic esters (lactones) is 1. The molecular formula is C40H71NO13. The molecule has 14 heteroatoms. The smallest absolute Gasteiger partial charge is 0.311 e. The first-order chi connectivity index (χ1) is 25.0. The highest BCUT2D eigenvalue weighted by molar-refractivity contribution is 5.83. The summed E-state index contributed by atoms with van der Waals surface area (Å²) in [6.45, 7) is 14.9. The zero-order valence-corrected chi connectivity index (χ0v) is 34.6. The predicted molar refractivity (Wildman–Crippen MR) is 198 cm³/mol. The Labute approximate surface area is 322 Å². The number of ketones is 1. The maximum atomic E-state index is 14.5. The average Bonchev–Trinajstić information content (AvgIpc) is 3.64. The second kappa shape index (κ2) is 17.7.